The third-order valence-corrected chi connectivity index (χ3v) is 4.05. The smallest absolute Gasteiger partial charge is 0.416 e. The summed E-state index contributed by atoms with van der Waals surface area (Å²) in [6.07, 6.45) is -0.469. The van der Waals surface area contributed by atoms with Crippen LogP contribution in [0.15, 0.2) is 18.2 Å². The molecule has 1 aromatic rings. The molecule has 116 valence electrons. The van der Waals surface area contributed by atoms with E-state index in [0.717, 1.165) is 37.8 Å². The van der Waals surface area contributed by atoms with Crippen LogP contribution in [0, 0.1) is 5.92 Å². The lowest BCUT2D eigenvalue weighted by molar-refractivity contribution is -0.137. The van der Waals surface area contributed by atoms with Crippen molar-refractivity contribution in [3.8, 4) is 5.75 Å². The van der Waals surface area contributed by atoms with Crippen LogP contribution in [-0.4, -0.2) is 11.1 Å². The first kappa shape index (κ1) is 16.1. The molecule has 0 unspecified atom stereocenters. The van der Waals surface area contributed by atoms with E-state index in [1.807, 2.05) is 0 Å². The van der Waals surface area contributed by atoms with E-state index in [4.69, 9.17) is 22.7 Å². The fraction of sp³-hybridized carbons (Fsp3) is 0.533. The number of hydrogen-bond donors (Lipinski definition) is 1. The molecule has 0 bridgehead atoms. The van der Waals surface area contributed by atoms with Crippen molar-refractivity contribution < 1.29 is 17.9 Å². The van der Waals surface area contributed by atoms with E-state index < -0.39 is 11.7 Å². The second-order valence-corrected chi connectivity index (χ2v) is 6.01. The van der Waals surface area contributed by atoms with E-state index in [9.17, 15) is 13.2 Å². The van der Waals surface area contributed by atoms with Gasteiger partial charge in [-0.25, -0.2) is 0 Å². The van der Waals surface area contributed by atoms with E-state index in [0.29, 0.717) is 11.7 Å². The van der Waals surface area contributed by atoms with Crippen molar-refractivity contribution in [2.45, 2.75) is 44.9 Å². The van der Waals surface area contributed by atoms with Crippen LogP contribution in [0.2, 0.25) is 0 Å². The summed E-state index contributed by atoms with van der Waals surface area (Å²) in [7, 11) is 0. The number of ether oxygens (including phenoxy) is 1. The van der Waals surface area contributed by atoms with Crippen molar-refractivity contribution in [2.75, 3.05) is 0 Å². The van der Waals surface area contributed by atoms with Gasteiger partial charge in [-0.05, 0) is 49.8 Å². The van der Waals surface area contributed by atoms with Crippen molar-refractivity contribution in [2.24, 2.45) is 11.7 Å². The molecular formula is C15H18F3NOS. The van der Waals surface area contributed by atoms with Gasteiger partial charge in [-0.2, -0.15) is 13.2 Å². The highest BCUT2D eigenvalue weighted by molar-refractivity contribution is 7.80. The monoisotopic (exact) mass is 317 g/mol. The maximum atomic E-state index is 12.7. The Morgan fingerprint density at radius 3 is 2.38 bits per heavy atom. The number of halogens is 3. The van der Waals surface area contributed by atoms with E-state index in [1.54, 1.807) is 0 Å². The Bertz CT molecular complexity index is 522. The van der Waals surface area contributed by atoms with E-state index in [1.165, 1.54) is 6.07 Å². The Labute approximate surface area is 127 Å². The fourth-order valence-electron chi connectivity index (χ4n) is 2.53. The second-order valence-electron chi connectivity index (χ2n) is 5.57. The maximum absolute atomic E-state index is 12.7. The molecule has 0 radical (unpaired) electrons. The highest BCUT2D eigenvalue weighted by atomic mass is 32.1. The minimum absolute atomic E-state index is 0.0195. The Morgan fingerprint density at radius 2 is 1.86 bits per heavy atom. The molecule has 0 saturated heterocycles. The highest BCUT2D eigenvalue weighted by Crippen LogP contribution is 2.34. The standard InChI is InChI=1S/C15H18F3NOS/c1-9-2-5-11(6-3-9)20-13-7-4-10(15(16,17)18)8-12(13)14(19)21/h4,7-9,11H,2-3,5-6H2,1H3,(H2,19,21). The van der Waals surface area contributed by atoms with Gasteiger partial charge in [0.25, 0.3) is 0 Å². The van der Waals surface area contributed by atoms with Crippen molar-refractivity contribution in [1.82, 2.24) is 0 Å². The van der Waals surface area contributed by atoms with Gasteiger partial charge in [-0.1, -0.05) is 19.1 Å². The topological polar surface area (TPSA) is 35.2 Å². The molecule has 1 saturated carbocycles. The number of rotatable bonds is 3. The van der Waals surface area contributed by atoms with Crippen LogP contribution < -0.4 is 10.5 Å². The minimum Gasteiger partial charge on any atom is -0.490 e. The van der Waals surface area contributed by atoms with Crippen LogP contribution in [0.25, 0.3) is 0 Å². The molecule has 0 aromatic heterocycles. The molecule has 0 heterocycles. The number of alkyl halides is 3. The van der Waals surface area contributed by atoms with Crippen molar-refractivity contribution in [3.63, 3.8) is 0 Å². The third kappa shape index (κ3) is 4.09. The van der Waals surface area contributed by atoms with Crippen LogP contribution >= 0.6 is 12.2 Å². The predicted molar refractivity (Wildman–Crippen MR) is 79.4 cm³/mol. The van der Waals surface area contributed by atoms with Gasteiger partial charge in [0.2, 0.25) is 0 Å². The minimum atomic E-state index is -4.42. The Kier molecular flexibility index (Phi) is 4.76. The lowest BCUT2D eigenvalue weighted by Gasteiger charge is -2.27. The lowest BCUT2D eigenvalue weighted by atomic mass is 9.89. The van der Waals surface area contributed by atoms with Gasteiger partial charge in [0, 0.05) is 0 Å². The molecule has 1 aromatic carbocycles. The van der Waals surface area contributed by atoms with Gasteiger partial charge in [0.1, 0.15) is 10.7 Å². The van der Waals surface area contributed by atoms with Gasteiger partial charge in [-0.3, -0.25) is 0 Å². The molecule has 0 atom stereocenters. The molecule has 6 heteroatoms. The predicted octanol–water partition coefficient (Wildman–Crippen LogP) is 4.30. The van der Waals surface area contributed by atoms with Gasteiger partial charge in [-0.15, -0.1) is 0 Å². The lowest BCUT2D eigenvalue weighted by Crippen LogP contribution is -2.24. The third-order valence-electron chi connectivity index (χ3n) is 3.83. The molecule has 2 nitrogen and oxygen atoms in total. The summed E-state index contributed by atoms with van der Waals surface area (Å²) in [6, 6.07) is 3.28. The molecule has 1 aliphatic carbocycles. The molecule has 2 N–H and O–H groups in total. The fourth-order valence-corrected chi connectivity index (χ4v) is 2.69. The largest absolute Gasteiger partial charge is 0.490 e. The van der Waals surface area contributed by atoms with Crippen molar-refractivity contribution >= 4 is 17.2 Å². The molecule has 0 spiro atoms. The molecule has 1 fully saturated rings. The first-order valence-electron chi connectivity index (χ1n) is 6.95. The van der Waals surface area contributed by atoms with Crippen LogP contribution in [0.5, 0.6) is 5.75 Å². The molecule has 2 rings (SSSR count). The maximum Gasteiger partial charge on any atom is 0.416 e. The van der Waals surface area contributed by atoms with E-state index in [-0.39, 0.29) is 16.7 Å². The summed E-state index contributed by atoms with van der Waals surface area (Å²) < 4.78 is 44.0. The summed E-state index contributed by atoms with van der Waals surface area (Å²) in [6.45, 7) is 2.19. The van der Waals surface area contributed by atoms with Crippen LogP contribution in [0.1, 0.15) is 43.7 Å². The summed E-state index contributed by atoms with van der Waals surface area (Å²) in [5.41, 5.74) is 4.92. The molecule has 21 heavy (non-hydrogen) atoms. The van der Waals surface area contributed by atoms with Gasteiger partial charge >= 0.3 is 6.18 Å². The van der Waals surface area contributed by atoms with E-state index in [2.05, 4.69) is 6.92 Å². The van der Waals surface area contributed by atoms with Gasteiger partial charge in [0.15, 0.2) is 0 Å². The van der Waals surface area contributed by atoms with Gasteiger partial charge in [0.05, 0.1) is 17.2 Å². The average Bonchev–Trinajstić information content (AvgIpc) is 2.40. The summed E-state index contributed by atoms with van der Waals surface area (Å²) in [5.74, 6) is 1.02. The van der Waals surface area contributed by atoms with Crippen molar-refractivity contribution in [1.29, 1.82) is 0 Å². The SMILES string of the molecule is CC1CCC(Oc2ccc(C(F)(F)F)cc2C(N)=S)CC1. The number of hydrogen-bond acceptors (Lipinski definition) is 2. The van der Waals surface area contributed by atoms with E-state index >= 15 is 0 Å². The van der Waals surface area contributed by atoms with Crippen LogP contribution in [0.4, 0.5) is 13.2 Å². The highest BCUT2D eigenvalue weighted by Gasteiger charge is 2.32. The second kappa shape index (κ2) is 6.22. The molecule has 0 aliphatic heterocycles. The normalized spacial score (nSPS) is 22.9. The van der Waals surface area contributed by atoms with Crippen molar-refractivity contribution in [3.05, 3.63) is 29.3 Å². The Balaban J connectivity index is 2.21. The average molecular weight is 317 g/mol. The molecule has 0 amide bonds. The van der Waals surface area contributed by atoms with Crippen LogP contribution in [-0.2, 0) is 6.18 Å². The number of benzene rings is 1. The zero-order valence-electron chi connectivity index (χ0n) is 11.7. The molecular weight excluding hydrogens is 299 g/mol. The number of nitrogens with two attached hydrogens (primary N) is 1. The summed E-state index contributed by atoms with van der Waals surface area (Å²) in [5, 5.41) is 0. The summed E-state index contributed by atoms with van der Waals surface area (Å²) in [4.78, 5) is -0.0831. The zero-order chi connectivity index (χ0) is 15.6. The number of thiocarbonyl (C=S) groups is 1. The van der Waals surface area contributed by atoms with Crippen LogP contribution in [0.3, 0.4) is 0 Å². The first-order chi connectivity index (χ1) is 9.77. The van der Waals surface area contributed by atoms with Gasteiger partial charge < -0.3 is 10.5 Å². The Morgan fingerprint density at radius 1 is 1.24 bits per heavy atom. The first-order valence-corrected chi connectivity index (χ1v) is 7.36. The zero-order valence-corrected chi connectivity index (χ0v) is 12.6. The quantitative estimate of drug-likeness (QED) is 0.844. The summed E-state index contributed by atoms with van der Waals surface area (Å²) >= 11 is 4.85. The molecule has 1 aliphatic rings. The Hall–Kier alpha value is -1.30.